The maximum atomic E-state index is 6.24. The van der Waals surface area contributed by atoms with Crippen molar-refractivity contribution in [1.29, 1.82) is 0 Å². The molecular weight excluding hydrogens is 310 g/mol. The Morgan fingerprint density at radius 1 is 0.800 bits per heavy atom. The van der Waals surface area contributed by atoms with Crippen molar-refractivity contribution in [1.82, 2.24) is 9.97 Å². The van der Waals surface area contributed by atoms with E-state index in [0.29, 0.717) is 11.7 Å². The third-order valence-corrected chi connectivity index (χ3v) is 4.73. The van der Waals surface area contributed by atoms with E-state index in [-0.39, 0.29) is 5.92 Å². The van der Waals surface area contributed by atoms with Gasteiger partial charge in [0.1, 0.15) is 17.9 Å². The second kappa shape index (κ2) is 5.31. The van der Waals surface area contributed by atoms with Crippen LogP contribution in [0.15, 0.2) is 73.1 Å². The van der Waals surface area contributed by atoms with Gasteiger partial charge in [-0.15, -0.1) is 0 Å². The van der Waals surface area contributed by atoms with Crippen LogP contribution in [-0.2, 0) is 0 Å². The third kappa shape index (κ3) is 2.08. The van der Waals surface area contributed by atoms with Crippen LogP contribution in [0.1, 0.15) is 22.6 Å². The summed E-state index contributed by atoms with van der Waals surface area (Å²) in [4.78, 5) is 8.53. The highest BCUT2D eigenvalue weighted by atomic mass is 16.5. The van der Waals surface area contributed by atoms with Crippen LogP contribution in [0.3, 0.4) is 0 Å². The van der Waals surface area contributed by atoms with Crippen LogP contribution < -0.4 is 10.5 Å². The van der Waals surface area contributed by atoms with Gasteiger partial charge < -0.3 is 10.5 Å². The van der Waals surface area contributed by atoms with E-state index in [9.17, 15) is 0 Å². The number of fused-ring (bicyclic) bond motifs is 4. The fourth-order valence-corrected chi connectivity index (χ4v) is 3.63. The van der Waals surface area contributed by atoms with Crippen molar-refractivity contribution in [3.05, 3.63) is 89.7 Å². The number of anilines is 1. The first-order valence-electron chi connectivity index (χ1n) is 8.18. The first-order chi connectivity index (χ1) is 12.3. The first kappa shape index (κ1) is 14.0. The normalized spacial score (nSPS) is 15.3. The van der Waals surface area contributed by atoms with Crippen molar-refractivity contribution < 1.29 is 4.74 Å². The number of hydrogen-bond donors (Lipinski definition) is 1. The first-order valence-corrected chi connectivity index (χ1v) is 8.18. The average Bonchev–Trinajstić information content (AvgIpc) is 2.67. The molecule has 0 fully saturated rings. The summed E-state index contributed by atoms with van der Waals surface area (Å²) in [6, 6.07) is 22.7. The zero-order chi connectivity index (χ0) is 16.8. The molecule has 25 heavy (non-hydrogen) atoms. The lowest BCUT2D eigenvalue weighted by Crippen LogP contribution is -2.16. The minimum absolute atomic E-state index is 0.0627. The molecule has 4 aromatic rings. The molecule has 2 N–H and O–H groups in total. The zero-order valence-electron chi connectivity index (χ0n) is 13.4. The van der Waals surface area contributed by atoms with Crippen molar-refractivity contribution in [2.75, 3.05) is 5.73 Å². The molecule has 0 bridgehead atoms. The van der Waals surface area contributed by atoms with E-state index in [1.807, 2.05) is 36.4 Å². The number of hydrogen-bond acceptors (Lipinski definition) is 4. The van der Waals surface area contributed by atoms with Crippen molar-refractivity contribution in [2.24, 2.45) is 0 Å². The molecule has 0 spiro atoms. The monoisotopic (exact) mass is 325 g/mol. The summed E-state index contributed by atoms with van der Waals surface area (Å²) >= 11 is 0. The van der Waals surface area contributed by atoms with Crippen LogP contribution in [-0.4, -0.2) is 9.97 Å². The topological polar surface area (TPSA) is 61.0 Å². The Kier molecular flexibility index (Phi) is 2.97. The maximum Gasteiger partial charge on any atom is 0.228 e. The number of ether oxygens (including phenoxy) is 1. The van der Waals surface area contributed by atoms with E-state index in [1.165, 1.54) is 11.7 Å². The Hall–Kier alpha value is -3.40. The van der Waals surface area contributed by atoms with Gasteiger partial charge >= 0.3 is 0 Å². The van der Waals surface area contributed by atoms with Crippen LogP contribution in [0.5, 0.6) is 11.6 Å². The quantitative estimate of drug-likeness (QED) is 0.493. The fraction of sp³-hybridized carbons (Fsp3) is 0.0476. The molecule has 5 rings (SSSR count). The van der Waals surface area contributed by atoms with E-state index in [2.05, 4.69) is 40.3 Å². The van der Waals surface area contributed by atoms with Crippen molar-refractivity contribution in [3.8, 4) is 11.6 Å². The van der Waals surface area contributed by atoms with Crippen LogP contribution in [0.2, 0.25) is 0 Å². The summed E-state index contributed by atoms with van der Waals surface area (Å²) in [7, 11) is 0. The lowest BCUT2D eigenvalue weighted by atomic mass is 9.81. The highest BCUT2D eigenvalue weighted by Gasteiger charge is 2.33. The van der Waals surface area contributed by atoms with Gasteiger partial charge in [-0.05, 0) is 22.4 Å². The van der Waals surface area contributed by atoms with Gasteiger partial charge in [0.15, 0.2) is 0 Å². The molecule has 1 aromatic heterocycles. The van der Waals surface area contributed by atoms with E-state index < -0.39 is 0 Å². The molecule has 0 saturated heterocycles. The molecule has 120 valence electrons. The molecule has 1 aliphatic heterocycles. The second-order valence-corrected chi connectivity index (χ2v) is 6.12. The zero-order valence-corrected chi connectivity index (χ0v) is 13.4. The number of nitrogen functional groups attached to an aromatic ring is 1. The van der Waals surface area contributed by atoms with E-state index in [1.54, 1.807) is 0 Å². The van der Waals surface area contributed by atoms with Crippen molar-refractivity contribution in [2.45, 2.75) is 5.92 Å². The van der Waals surface area contributed by atoms with Gasteiger partial charge in [-0.2, -0.15) is 0 Å². The van der Waals surface area contributed by atoms with Crippen LogP contribution in [0, 0.1) is 0 Å². The summed E-state index contributed by atoms with van der Waals surface area (Å²) in [5.41, 5.74) is 9.32. The lowest BCUT2D eigenvalue weighted by Gasteiger charge is -2.29. The van der Waals surface area contributed by atoms with Gasteiger partial charge in [-0.1, -0.05) is 60.7 Å². The summed E-state index contributed by atoms with van der Waals surface area (Å²) in [5, 5.41) is 2.33. The lowest BCUT2D eigenvalue weighted by molar-refractivity contribution is 0.434. The summed E-state index contributed by atoms with van der Waals surface area (Å²) in [6.45, 7) is 0. The number of nitrogens with two attached hydrogens (primary N) is 1. The summed E-state index contributed by atoms with van der Waals surface area (Å²) in [5.74, 6) is 1.74. The molecule has 0 aliphatic carbocycles. The van der Waals surface area contributed by atoms with Crippen LogP contribution >= 0.6 is 0 Å². The largest absolute Gasteiger partial charge is 0.438 e. The van der Waals surface area contributed by atoms with Gasteiger partial charge in [-0.3, -0.25) is 0 Å². The minimum atomic E-state index is -0.0627. The van der Waals surface area contributed by atoms with Gasteiger partial charge in [0.2, 0.25) is 5.88 Å². The van der Waals surface area contributed by atoms with Crippen molar-refractivity contribution >= 4 is 16.6 Å². The predicted molar refractivity (Wildman–Crippen MR) is 97.9 cm³/mol. The maximum absolute atomic E-state index is 6.24. The van der Waals surface area contributed by atoms with Crippen LogP contribution in [0.4, 0.5) is 5.82 Å². The Balaban J connectivity index is 1.89. The second-order valence-electron chi connectivity index (χ2n) is 6.12. The Morgan fingerprint density at radius 3 is 2.48 bits per heavy atom. The molecule has 4 heteroatoms. The molecule has 2 heterocycles. The van der Waals surface area contributed by atoms with E-state index >= 15 is 0 Å². The molecule has 3 aromatic carbocycles. The summed E-state index contributed by atoms with van der Waals surface area (Å²) < 4.78 is 6.09. The third-order valence-electron chi connectivity index (χ3n) is 4.73. The van der Waals surface area contributed by atoms with Gasteiger partial charge in [0.25, 0.3) is 0 Å². The van der Waals surface area contributed by atoms with Gasteiger partial charge in [-0.25, -0.2) is 9.97 Å². The average molecular weight is 325 g/mol. The number of rotatable bonds is 1. The smallest absolute Gasteiger partial charge is 0.228 e. The number of aromatic nitrogens is 2. The van der Waals surface area contributed by atoms with Gasteiger partial charge in [0.05, 0.1) is 5.56 Å². The van der Waals surface area contributed by atoms with E-state index in [0.717, 1.165) is 27.8 Å². The Morgan fingerprint density at radius 2 is 1.60 bits per heavy atom. The van der Waals surface area contributed by atoms with Crippen LogP contribution in [0.25, 0.3) is 10.8 Å². The molecule has 1 atom stereocenters. The summed E-state index contributed by atoms with van der Waals surface area (Å²) in [6.07, 6.45) is 1.45. The fourth-order valence-electron chi connectivity index (χ4n) is 3.63. The SMILES string of the molecule is Nc1ncnc2c1[C@H](c1ccccc1)c1c(ccc3ccccc13)O2. The molecule has 0 saturated carbocycles. The molecule has 0 radical (unpaired) electrons. The predicted octanol–water partition coefficient (Wildman–Crippen LogP) is 4.50. The van der Waals surface area contributed by atoms with E-state index in [4.69, 9.17) is 10.5 Å². The number of nitrogens with zero attached hydrogens (tertiary/aromatic N) is 2. The van der Waals surface area contributed by atoms with Crippen molar-refractivity contribution in [3.63, 3.8) is 0 Å². The minimum Gasteiger partial charge on any atom is -0.438 e. The standard InChI is InChI=1S/C21H15N3O/c22-20-19-17(14-7-2-1-3-8-14)18-15-9-5-4-6-13(15)10-11-16(18)25-21(19)24-12-23-20/h1-12,17H,(H2,22,23,24)/t17-/m1/s1. The highest BCUT2D eigenvalue weighted by Crippen LogP contribution is 2.50. The number of benzene rings is 3. The Labute approximate surface area is 144 Å². The molecular formula is C21H15N3O. The molecule has 1 aliphatic rings. The Bertz CT molecular complexity index is 1090. The molecule has 0 unspecified atom stereocenters. The van der Waals surface area contributed by atoms with Gasteiger partial charge in [0, 0.05) is 11.5 Å². The highest BCUT2D eigenvalue weighted by molar-refractivity contribution is 5.90. The molecule has 4 nitrogen and oxygen atoms in total. The molecule has 0 amide bonds.